The molecule has 0 spiro atoms. The first-order valence-electron chi connectivity index (χ1n) is 8.40. The number of carbonyl (C=O) groups is 1. The van der Waals surface area contributed by atoms with Gasteiger partial charge in [0.2, 0.25) is 0 Å². The second-order valence-corrected chi connectivity index (χ2v) is 5.96. The molecule has 1 heterocycles. The van der Waals surface area contributed by atoms with Crippen LogP contribution in [0.4, 0.5) is 5.69 Å². The van der Waals surface area contributed by atoms with Gasteiger partial charge in [-0.05, 0) is 24.5 Å². The van der Waals surface area contributed by atoms with Gasteiger partial charge in [0, 0.05) is 19.2 Å². The zero-order valence-corrected chi connectivity index (χ0v) is 14.7. The van der Waals surface area contributed by atoms with Crippen LogP contribution in [0.3, 0.4) is 0 Å². The van der Waals surface area contributed by atoms with Gasteiger partial charge in [0.15, 0.2) is 11.5 Å². The molecule has 0 atom stereocenters. The third-order valence-electron chi connectivity index (χ3n) is 4.43. The van der Waals surface area contributed by atoms with E-state index in [-0.39, 0.29) is 22.9 Å². The lowest BCUT2D eigenvalue weighted by Gasteiger charge is -2.29. The fraction of sp³-hybridized carbons (Fsp3) is 0.316. The normalized spacial score (nSPS) is 13.1. The van der Waals surface area contributed by atoms with Crippen LogP contribution in [0.1, 0.15) is 28.4 Å². The van der Waals surface area contributed by atoms with Crippen LogP contribution in [0, 0.1) is 10.1 Å². The fourth-order valence-electron chi connectivity index (χ4n) is 3.14. The number of nitro benzene ring substituents is 1. The Morgan fingerprint density at radius 3 is 2.62 bits per heavy atom. The Kier molecular flexibility index (Phi) is 5.06. The summed E-state index contributed by atoms with van der Waals surface area (Å²) < 4.78 is 10.6. The molecule has 0 radical (unpaired) electrons. The van der Waals surface area contributed by atoms with Crippen LogP contribution < -0.4 is 9.47 Å². The van der Waals surface area contributed by atoms with Crippen molar-refractivity contribution in [1.29, 1.82) is 0 Å². The van der Waals surface area contributed by atoms with Gasteiger partial charge in [0.1, 0.15) is 5.56 Å². The smallest absolute Gasteiger partial charge is 0.286 e. The summed E-state index contributed by atoms with van der Waals surface area (Å²) in [6, 6.07) is 10.6. The number of ether oxygens (including phenoxy) is 2. The number of nitro groups is 1. The maximum atomic E-state index is 13.0. The molecule has 0 N–H and O–H groups in total. The average molecular weight is 356 g/mol. The molecule has 0 aliphatic carbocycles. The number of hydrogen-bond acceptors (Lipinski definition) is 5. The van der Waals surface area contributed by atoms with Gasteiger partial charge in [-0.1, -0.05) is 24.3 Å². The lowest BCUT2D eigenvalue weighted by molar-refractivity contribution is -0.385. The van der Waals surface area contributed by atoms with Gasteiger partial charge < -0.3 is 14.4 Å². The van der Waals surface area contributed by atoms with Crippen LogP contribution in [0.25, 0.3) is 0 Å². The van der Waals surface area contributed by atoms with Crippen LogP contribution in [-0.2, 0) is 13.0 Å². The van der Waals surface area contributed by atoms with Crippen LogP contribution in [0.2, 0.25) is 0 Å². The third kappa shape index (κ3) is 3.33. The molecule has 0 saturated heterocycles. The third-order valence-corrected chi connectivity index (χ3v) is 4.43. The molecule has 0 aromatic heterocycles. The van der Waals surface area contributed by atoms with Crippen molar-refractivity contribution in [1.82, 2.24) is 4.90 Å². The summed E-state index contributed by atoms with van der Waals surface area (Å²) >= 11 is 0. The molecular formula is C19H20N2O5. The maximum Gasteiger partial charge on any atom is 0.286 e. The van der Waals surface area contributed by atoms with Crippen molar-refractivity contribution in [2.75, 3.05) is 20.3 Å². The Hall–Kier alpha value is -3.09. The zero-order chi connectivity index (χ0) is 18.7. The first-order valence-corrected chi connectivity index (χ1v) is 8.40. The van der Waals surface area contributed by atoms with Gasteiger partial charge in [0.25, 0.3) is 11.6 Å². The van der Waals surface area contributed by atoms with E-state index in [1.165, 1.54) is 24.8 Å². The molecule has 1 amide bonds. The molecule has 0 fully saturated rings. The lowest BCUT2D eigenvalue weighted by Crippen LogP contribution is -2.36. The van der Waals surface area contributed by atoms with E-state index in [0.717, 1.165) is 12.0 Å². The van der Waals surface area contributed by atoms with Crippen molar-refractivity contribution in [3.05, 3.63) is 63.2 Å². The number of methoxy groups -OCH3 is 1. The summed E-state index contributed by atoms with van der Waals surface area (Å²) in [5.41, 5.74) is 2.00. The number of hydrogen-bond donors (Lipinski definition) is 0. The summed E-state index contributed by atoms with van der Waals surface area (Å²) in [6.45, 7) is 3.11. The van der Waals surface area contributed by atoms with Crippen LogP contribution in [-0.4, -0.2) is 36.0 Å². The lowest BCUT2D eigenvalue weighted by atomic mass is 9.99. The molecule has 7 nitrogen and oxygen atoms in total. The van der Waals surface area contributed by atoms with E-state index in [1.807, 2.05) is 24.3 Å². The second kappa shape index (κ2) is 7.43. The Balaban J connectivity index is 1.98. The first-order chi connectivity index (χ1) is 12.5. The topological polar surface area (TPSA) is 81.9 Å². The molecular weight excluding hydrogens is 336 g/mol. The van der Waals surface area contributed by atoms with Gasteiger partial charge in [0.05, 0.1) is 24.7 Å². The van der Waals surface area contributed by atoms with Crippen molar-refractivity contribution >= 4 is 11.6 Å². The Bertz CT molecular complexity index is 850. The highest BCUT2D eigenvalue weighted by Gasteiger charge is 2.29. The van der Waals surface area contributed by atoms with Crippen molar-refractivity contribution in [2.24, 2.45) is 0 Å². The van der Waals surface area contributed by atoms with Crippen molar-refractivity contribution in [3.8, 4) is 11.5 Å². The molecule has 3 rings (SSSR count). The Labute approximate surface area is 151 Å². The number of amides is 1. The van der Waals surface area contributed by atoms with Gasteiger partial charge in [-0.3, -0.25) is 14.9 Å². The van der Waals surface area contributed by atoms with Gasteiger partial charge >= 0.3 is 0 Å². The minimum atomic E-state index is -0.566. The number of rotatable bonds is 5. The van der Waals surface area contributed by atoms with Crippen molar-refractivity contribution < 1.29 is 19.2 Å². The van der Waals surface area contributed by atoms with E-state index in [0.29, 0.717) is 25.4 Å². The molecule has 0 unspecified atom stereocenters. The predicted molar refractivity (Wildman–Crippen MR) is 95.7 cm³/mol. The minimum absolute atomic E-state index is 0.0126. The Morgan fingerprint density at radius 2 is 1.96 bits per heavy atom. The number of fused-ring (bicyclic) bond motifs is 1. The average Bonchev–Trinajstić information content (AvgIpc) is 2.66. The summed E-state index contributed by atoms with van der Waals surface area (Å²) in [7, 11) is 1.41. The number of benzene rings is 2. The monoisotopic (exact) mass is 356 g/mol. The van der Waals surface area contributed by atoms with E-state index < -0.39 is 4.92 Å². The highest BCUT2D eigenvalue weighted by Crippen LogP contribution is 2.36. The standard InChI is InChI=1S/C19H20N2O5/c1-3-26-18-10-15(16(21(23)24)11-17(18)25-2)19(22)20-9-8-13-6-4-5-7-14(13)12-20/h4-7,10-11H,3,8-9,12H2,1-2H3. The van der Waals surface area contributed by atoms with Gasteiger partial charge in [-0.15, -0.1) is 0 Å². The summed E-state index contributed by atoms with van der Waals surface area (Å²) in [5.74, 6) is 0.176. The number of nitrogens with zero attached hydrogens (tertiary/aromatic N) is 2. The molecule has 2 aromatic carbocycles. The maximum absolute atomic E-state index is 13.0. The molecule has 2 aromatic rings. The molecule has 0 bridgehead atoms. The van der Waals surface area contributed by atoms with E-state index in [1.54, 1.807) is 11.8 Å². The van der Waals surface area contributed by atoms with Gasteiger partial charge in [-0.2, -0.15) is 0 Å². The summed E-state index contributed by atoms with van der Waals surface area (Å²) in [5, 5.41) is 11.5. The molecule has 1 aliphatic heterocycles. The van der Waals surface area contributed by atoms with E-state index in [2.05, 4.69) is 0 Å². The van der Waals surface area contributed by atoms with E-state index in [9.17, 15) is 14.9 Å². The van der Waals surface area contributed by atoms with Crippen LogP contribution in [0.5, 0.6) is 11.5 Å². The quantitative estimate of drug-likeness (QED) is 0.607. The largest absolute Gasteiger partial charge is 0.493 e. The van der Waals surface area contributed by atoms with Crippen molar-refractivity contribution in [2.45, 2.75) is 19.9 Å². The first kappa shape index (κ1) is 17.7. The second-order valence-electron chi connectivity index (χ2n) is 5.96. The molecule has 1 aliphatic rings. The van der Waals surface area contributed by atoms with Crippen molar-refractivity contribution in [3.63, 3.8) is 0 Å². The summed E-state index contributed by atoms with van der Waals surface area (Å²) in [4.78, 5) is 25.6. The number of carbonyl (C=O) groups excluding carboxylic acids is 1. The predicted octanol–water partition coefficient (Wildman–Crippen LogP) is 3.20. The van der Waals surface area contributed by atoms with Crippen LogP contribution in [0.15, 0.2) is 36.4 Å². The van der Waals surface area contributed by atoms with Gasteiger partial charge in [-0.25, -0.2) is 0 Å². The molecule has 0 saturated carbocycles. The molecule has 7 heteroatoms. The van der Waals surface area contributed by atoms with Crippen LogP contribution >= 0.6 is 0 Å². The highest BCUT2D eigenvalue weighted by molar-refractivity contribution is 5.99. The molecule has 136 valence electrons. The summed E-state index contributed by atoms with van der Waals surface area (Å²) in [6.07, 6.45) is 0.726. The van der Waals surface area contributed by atoms with E-state index in [4.69, 9.17) is 9.47 Å². The minimum Gasteiger partial charge on any atom is -0.493 e. The highest BCUT2D eigenvalue weighted by atomic mass is 16.6. The fourth-order valence-corrected chi connectivity index (χ4v) is 3.14. The van der Waals surface area contributed by atoms with E-state index >= 15 is 0 Å². The Morgan fingerprint density at radius 1 is 1.23 bits per heavy atom. The molecule has 26 heavy (non-hydrogen) atoms. The SMILES string of the molecule is CCOc1cc(C(=O)N2CCc3ccccc3C2)c([N+](=O)[O-])cc1OC. The zero-order valence-electron chi connectivity index (χ0n) is 14.7.